The number of fused-ring (bicyclic) bond motifs is 4. The van der Waals surface area contributed by atoms with E-state index in [9.17, 15) is 19.5 Å². The third-order valence-corrected chi connectivity index (χ3v) is 10.3. The minimum atomic E-state index is -1.30. The van der Waals surface area contributed by atoms with Crippen LogP contribution in [-0.2, 0) is 32.0 Å². The fraction of sp³-hybridized carbons (Fsp3) is 0.378. The van der Waals surface area contributed by atoms with Gasteiger partial charge in [-0.3, -0.25) is 23.9 Å². The molecule has 2 aromatic heterocycles. The van der Waals surface area contributed by atoms with Gasteiger partial charge in [-0.1, -0.05) is 48.2 Å². The second-order valence-corrected chi connectivity index (χ2v) is 13.5. The molecule has 0 aliphatic carbocycles. The number of benzene rings is 2. The summed E-state index contributed by atoms with van der Waals surface area (Å²) in [5.41, 5.74) is 4.46. The highest BCUT2D eigenvalue weighted by molar-refractivity contribution is 7.15. The maximum Gasteiger partial charge on any atom is 0.264 e. The number of rotatable bonds is 11. The van der Waals surface area contributed by atoms with E-state index in [0.29, 0.717) is 38.7 Å². The van der Waals surface area contributed by atoms with Gasteiger partial charge in [0.2, 0.25) is 5.91 Å². The van der Waals surface area contributed by atoms with Crippen LogP contribution in [-0.4, -0.2) is 87.7 Å². The van der Waals surface area contributed by atoms with E-state index in [4.69, 9.17) is 14.2 Å². The van der Waals surface area contributed by atoms with E-state index in [0.717, 1.165) is 44.0 Å². The number of aliphatic hydroxyl groups excluding tert-OH is 1. The van der Waals surface area contributed by atoms with Crippen molar-refractivity contribution in [2.75, 3.05) is 38.3 Å². The average molecular weight is 711 g/mol. The Kier molecular flexibility index (Phi) is 10.3. The van der Waals surface area contributed by atoms with E-state index in [2.05, 4.69) is 49.4 Å². The van der Waals surface area contributed by atoms with Crippen LogP contribution >= 0.6 is 11.3 Å². The van der Waals surface area contributed by atoms with Crippen LogP contribution in [0.25, 0.3) is 5.00 Å². The van der Waals surface area contributed by atoms with Gasteiger partial charge in [0.25, 0.3) is 11.8 Å². The lowest BCUT2D eigenvalue weighted by Gasteiger charge is -2.33. The number of nitrogens with one attached hydrogen (secondary N) is 2. The number of amides is 3. The predicted molar refractivity (Wildman–Crippen MR) is 188 cm³/mol. The molecule has 3 N–H and O–H groups in total. The monoisotopic (exact) mass is 710 g/mol. The summed E-state index contributed by atoms with van der Waals surface area (Å²) in [6, 6.07) is 14.5. The van der Waals surface area contributed by atoms with Crippen molar-refractivity contribution in [3.63, 3.8) is 0 Å². The quantitative estimate of drug-likeness (QED) is 0.120. The highest BCUT2D eigenvalue weighted by Crippen LogP contribution is 2.39. The van der Waals surface area contributed by atoms with E-state index < -0.39 is 24.1 Å². The Morgan fingerprint density at radius 2 is 1.88 bits per heavy atom. The van der Waals surface area contributed by atoms with Crippen molar-refractivity contribution in [2.24, 2.45) is 0 Å². The number of piperidine rings is 1. The van der Waals surface area contributed by atoms with E-state index in [-0.39, 0.29) is 42.6 Å². The topological polar surface area (TPSA) is 157 Å². The first-order valence-corrected chi connectivity index (χ1v) is 17.7. The van der Waals surface area contributed by atoms with Crippen molar-refractivity contribution in [2.45, 2.75) is 58.1 Å². The molecule has 0 bridgehead atoms. The second-order valence-electron chi connectivity index (χ2n) is 12.5. The molecule has 0 spiro atoms. The Balaban J connectivity index is 0.913. The van der Waals surface area contributed by atoms with Crippen molar-refractivity contribution in [1.82, 2.24) is 25.0 Å². The number of ether oxygens (including phenoxy) is 3. The second kappa shape index (κ2) is 15.1. The molecule has 51 heavy (non-hydrogen) atoms. The van der Waals surface area contributed by atoms with Crippen molar-refractivity contribution in [3.8, 4) is 16.8 Å². The zero-order chi connectivity index (χ0) is 35.5. The molecular weight excluding hydrogens is 673 g/mol. The Morgan fingerprint density at radius 3 is 2.71 bits per heavy atom. The standard InChI is InChI=1S/C37H38N6O7S/c1-22-33-41-40-23(2)42(33)37-27(21-50-22)26(20-24-8-4-3-5-9-24)30(51-37)12-7-16-48-18-19-49-17-15-38-28-11-6-10-25-32(28)36(47)43(35(25)46)29-13-14-31(44)39-34(29)45/h3-6,8-11,22,29,34,38,45H,13-21H2,1-2H3,(H,39,44)/t22-,29?,34?/m0/s1. The fourth-order valence-corrected chi connectivity index (χ4v) is 7.85. The summed E-state index contributed by atoms with van der Waals surface area (Å²) in [6.45, 7) is 6.08. The number of nitrogens with zero attached hydrogens (tertiary/aromatic N) is 4. The van der Waals surface area contributed by atoms with Gasteiger partial charge in [0.1, 0.15) is 29.8 Å². The van der Waals surface area contributed by atoms with Gasteiger partial charge in [0.05, 0.1) is 48.5 Å². The molecule has 3 aliphatic rings. The maximum absolute atomic E-state index is 13.3. The number of imide groups is 1. The Morgan fingerprint density at radius 1 is 1.06 bits per heavy atom. The van der Waals surface area contributed by atoms with Gasteiger partial charge >= 0.3 is 0 Å². The van der Waals surface area contributed by atoms with Crippen molar-refractivity contribution >= 4 is 34.7 Å². The molecule has 1 saturated heterocycles. The third kappa shape index (κ3) is 7.03. The molecule has 2 unspecified atom stereocenters. The van der Waals surface area contributed by atoms with Crippen LogP contribution in [0, 0.1) is 18.8 Å². The van der Waals surface area contributed by atoms with Crippen molar-refractivity contribution in [1.29, 1.82) is 0 Å². The summed E-state index contributed by atoms with van der Waals surface area (Å²) in [4.78, 5) is 40.0. The summed E-state index contributed by atoms with van der Waals surface area (Å²) in [6.07, 6.45) is -0.424. The summed E-state index contributed by atoms with van der Waals surface area (Å²) in [7, 11) is 0. The number of thiophene rings is 1. The predicted octanol–water partition coefficient (Wildman–Crippen LogP) is 3.51. The van der Waals surface area contributed by atoms with Gasteiger partial charge in [-0.2, -0.15) is 0 Å². The smallest absolute Gasteiger partial charge is 0.264 e. The van der Waals surface area contributed by atoms with Crippen LogP contribution in [0.3, 0.4) is 0 Å². The molecule has 2 aromatic carbocycles. The minimum Gasteiger partial charge on any atom is -0.382 e. The van der Waals surface area contributed by atoms with Gasteiger partial charge < -0.3 is 30.0 Å². The molecule has 3 aliphatic heterocycles. The SMILES string of the molecule is Cc1nnc2n1-c1sc(C#CCOCCOCCNc3cccc4c3C(=O)N(C3CCC(=O)NC3O)C4=O)c(Cc3ccccc3)c1CO[C@H]2C. The molecule has 1 fully saturated rings. The van der Waals surface area contributed by atoms with Crippen LogP contribution in [0.1, 0.15) is 79.8 Å². The number of aromatic nitrogens is 3. The molecule has 3 amide bonds. The molecule has 5 heterocycles. The number of carbonyl (C=O) groups is 3. The normalized spacial score (nSPS) is 19.5. The zero-order valence-corrected chi connectivity index (χ0v) is 29.1. The minimum absolute atomic E-state index is 0.126. The largest absolute Gasteiger partial charge is 0.382 e. The molecule has 264 valence electrons. The number of hydrogen-bond acceptors (Lipinski definition) is 11. The number of carbonyl (C=O) groups excluding carboxylic acids is 3. The van der Waals surface area contributed by atoms with Gasteiger partial charge in [0.15, 0.2) is 5.82 Å². The lowest BCUT2D eigenvalue weighted by atomic mass is 10.0. The first kappa shape index (κ1) is 34.5. The lowest BCUT2D eigenvalue weighted by Crippen LogP contribution is -2.57. The molecular formula is C37H38N6O7S. The van der Waals surface area contributed by atoms with Crippen molar-refractivity contribution < 1.29 is 33.7 Å². The van der Waals surface area contributed by atoms with Gasteiger partial charge in [-0.15, -0.1) is 21.5 Å². The van der Waals surface area contributed by atoms with Crippen LogP contribution in [0.5, 0.6) is 0 Å². The maximum atomic E-state index is 13.3. The zero-order valence-electron chi connectivity index (χ0n) is 28.3. The Bertz CT molecular complexity index is 2020. The molecule has 0 radical (unpaired) electrons. The number of aliphatic hydroxyl groups is 1. The molecule has 3 atom stereocenters. The van der Waals surface area contributed by atoms with Crippen LogP contribution < -0.4 is 10.6 Å². The first-order chi connectivity index (χ1) is 24.8. The molecule has 4 aromatic rings. The number of anilines is 1. The van der Waals surface area contributed by atoms with Gasteiger partial charge in [-0.25, -0.2) is 0 Å². The summed E-state index contributed by atoms with van der Waals surface area (Å²) >= 11 is 1.62. The van der Waals surface area contributed by atoms with E-state index in [1.54, 1.807) is 29.5 Å². The molecule has 7 rings (SSSR count). The van der Waals surface area contributed by atoms with Crippen LogP contribution in [0.2, 0.25) is 0 Å². The fourth-order valence-electron chi connectivity index (χ4n) is 6.59. The van der Waals surface area contributed by atoms with Crippen molar-refractivity contribution in [3.05, 3.63) is 92.9 Å². The van der Waals surface area contributed by atoms with Crippen LogP contribution in [0.15, 0.2) is 48.5 Å². The van der Waals surface area contributed by atoms with E-state index >= 15 is 0 Å². The Hall–Kier alpha value is -4.91. The lowest BCUT2D eigenvalue weighted by molar-refractivity contribution is -0.129. The molecule has 13 nitrogen and oxygen atoms in total. The average Bonchev–Trinajstić information content (AvgIpc) is 3.72. The molecule has 0 saturated carbocycles. The summed E-state index contributed by atoms with van der Waals surface area (Å²) in [5, 5.41) is 25.7. The molecule has 14 heteroatoms. The highest BCUT2D eigenvalue weighted by Gasteiger charge is 2.45. The van der Waals surface area contributed by atoms with Gasteiger partial charge in [-0.05, 0) is 49.9 Å². The Labute approximate surface area is 298 Å². The number of hydrogen-bond donors (Lipinski definition) is 3. The van der Waals surface area contributed by atoms with Crippen LogP contribution in [0.4, 0.5) is 5.69 Å². The summed E-state index contributed by atoms with van der Waals surface area (Å²) < 4.78 is 19.8. The first-order valence-electron chi connectivity index (χ1n) is 16.9. The highest BCUT2D eigenvalue weighted by atomic mass is 32.1. The van der Waals surface area contributed by atoms with E-state index in [1.807, 2.05) is 32.0 Å². The summed E-state index contributed by atoms with van der Waals surface area (Å²) in [5.74, 6) is 6.81. The number of aryl methyl sites for hydroxylation is 1. The van der Waals surface area contributed by atoms with E-state index in [1.165, 1.54) is 5.56 Å². The van der Waals surface area contributed by atoms with Gasteiger partial charge in [0, 0.05) is 24.2 Å². The third-order valence-electron chi connectivity index (χ3n) is 9.14.